The topological polar surface area (TPSA) is 20.9 Å². The highest BCUT2D eigenvalue weighted by atomic mass is 79.9. The zero-order valence-electron chi connectivity index (χ0n) is 9.64. The molecule has 3 heteroatoms. The van der Waals surface area contributed by atoms with Gasteiger partial charge in [0.25, 0.3) is 0 Å². The van der Waals surface area contributed by atoms with E-state index in [0.29, 0.717) is 0 Å². The van der Waals surface area contributed by atoms with Crippen molar-refractivity contribution < 1.29 is 26.3 Å². The number of carbonyl (C=O) groups is 1. The van der Waals surface area contributed by atoms with Crippen molar-refractivity contribution in [1.82, 2.24) is 0 Å². The maximum absolute atomic E-state index is 12.1. The quantitative estimate of drug-likeness (QED) is 0.537. The van der Waals surface area contributed by atoms with Crippen molar-refractivity contribution in [3.8, 4) is 0 Å². The van der Waals surface area contributed by atoms with Gasteiger partial charge in [0, 0.05) is 11.6 Å². The minimum atomic E-state index is 0. The van der Waals surface area contributed by atoms with Crippen LogP contribution in [-0.4, -0.2) is 5.78 Å². The summed E-state index contributed by atoms with van der Waals surface area (Å²) in [7, 11) is 0. The van der Waals surface area contributed by atoms with Crippen LogP contribution in [-0.2, 0) is 6.54 Å². The highest BCUT2D eigenvalue weighted by Gasteiger charge is 2.11. The summed E-state index contributed by atoms with van der Waals surface area (Å²) in [5.41, 5.74) is 1.46. The average Bonchev–Trinajstić information content (AvgIpc) is 2.39. The predicted molar refractivity (Wildman–Crippen MR) is 62.2 cm³/mol. The molecule has 0 saturated heterocycles. The van der Waals surface area contributed by atoms with Crippen LogP contribution < -0.4 is 21.5 Å². The van der Waals surface area contributed by atoms with Crippen LogP contribution in [0.15, 0.2) is 54.9 Å². The lowest BCUT2D eigenvalue weighted by molar-refractivity contribution is -0.693. The Morgan fingerprint density at radius 1 is 1.06 bits per heavy atom. The van der Waals surface area contributed by atoms with Gasteiger partial charge in [-0.1, -0.05) is 30.3 Å². The predicted octanol–water partition coefficient (Wildman–Crippen LogP) is -0.771. The molecule has 0 amide bonds. The number of carbonyl (C=O) groups excluding carboxylic acids is 1. The Morgan fingerprint density at radius 2 is 1.71 bits per heavy atom. The summed E-state index contributed by atoms with van der Waals surface area (Å²) in [6.07, 6.45) is 3.84. The smallest absolute Gasteiger partial charge is 0.199 e. The summed E-state index contributed by atoms with van der Waals surface area (Å²) >= 11 is 0. The first kappa shape index (κ1) is 13.6. The number of benzene rings is 1. The SMILES string of the molecule is CC[n+]1cccc(C(=O)c2ccccc2)c1.[Br-]. The lowest BCUT2D eigenvalue weighted by Gasteiger charge is -1.99. The zero-order chi connectivity index (χ0) is 11.4. The lowest BCUT2D eigenvalue weighted by Crippen LogP contribution is -3.00. The molecule has 2 rings (SSSR count). The van der Waals surface area contributed by atoms with Crippen molar-refractivity contribution in [2.75, 3.05) is 0 Å². The minimum Gasteiger partial charge on any atom is -1.00 e. The number of rotatable bonds is 3. The first-order valence-corrected chi connectivity index (χ1v) is 5.40. The third-order valence-electron chi connectivity index (χ3n) is 2.52. The molecule has 2 nitrogen and oxygen atoms in total. The molecule has 0 atom stereocenters. The van der Waals surface area contributed by atoms with Gasteiger partial charge in [-0.25, -0.2) is 4.57 Å². The number of aryl methyl sites for hydroxylation is 1. The van der Waals surface area contributed by atoms with E-state index < -0.39 is 0 Å². The molecule has 0 saturated carbocycles. The van der Waals surface area contributed by atoms with E-state index in [1.807, 2.05) is 59.4 Å². The van der Waals surface area contributed by atoms with E-state index in [2.05, 4.69) is 6.92 Å². The van der Waals surface area contributed by atoms with Gasteiger partial charge in [0.05, 0.1) is 5.56 Å². The van der Waals surface area contributed by atoms with Gasteiger partial charge in [0.15, 0.2) is 18.2 Å². The Hall–Kier alpha value is -1.48. The molecule has 1 aromatic carbocycles. The monoisotopic (exact) mass is 291 g/mol. The molecule has 0 radical (unpaired) electrons. The van der Waals surface area contributed by atoms with Gasteiger partial charge in [-0.15, -0.1) is 0 Å². The van der Waals surface area contributed by atoms with Gasteiger partial charge in [0.1, 0.15) is 6.54 Å². The van der Waals surface area contributed by atoms with Gasteiger partial charge in [-0.2, -0.15) is 0 Å². The number of nitrogens with zero attached hydrogens (tertiary/aromatic N) is 1. The molecule has 1 aromatic heterocycles. The fraction of sp³-hybridized carbons (Fsp3) is 0.143. The van der Waals surface area contributed by atoms with Crippen LogP contribution in [0.2, 0.25) is 0 Å². The van der Waals surface area contributed by atoms with Crippen molar-refractivity contribution >= 4 is 5.78 Å². The van der Waals surface area contributed by atoms with E-state index in [1.165, 1.54) is 0 Å². The van der Waals surface area contributed by atoms with Crippen LogP contribution >= 0.6 is 0 Å². The molecule has 2 aromatic rings. The van der Waals surface area contributed by atoms with Crippen LogP contribution in [0, 0.1) is 0 Å². The Labute approximate surface area is 112 Å². The second kappa shape index (κ2) is 6.30. The van der Waals surface area contributed by atoms with Crippen molar-refractivity contribution in [2.45, 2.75) is 13.5 Å². The molecule has 0 unspecified atom stereocenters. The summed E-state index contributed by atoms with van der Waals surface area (Å²) in [6, 6.07) is 13.1. The molecule has 0 aliphatic rings. The number of ketones is 1. The molecule has 17 heavy (non-hydrogen) atoms. The molecular formula is C14H14BrNO. The molecule has 0 spiro atoms. The average molecular weight is 292 g/mol. The summed E-state index contributed by atoms with van der Waals surface area (Å²) in [6.45, 7) is 2.92. The highest BCUT2D eigenvalue weighted by molar-refractivity contribution is 6.08. The Balaban J connectivity index is 0.00000144. The van der Waals surface area contributed by atoms with Gasteiger partial charge in [-0.3, -0.25) is 4.79 Å². The number of hydrogen-bond acceptors (Lipinski definition) is 1. The second-order valence-electron chi connectivity index (χ2n) is 3.62. The molecule has 88 valence electrons. The second-order valence-corrected chi connectivity index (χ2v) is 3.62. The molecule has 0 fully saturated rings. The Bertz CT molecular complexity index is 497. The number of pyridine rings is 1. The molecule has 0 aliphatic carbocycles. The Morgan fingerprint density at radius 3 is 2.35 bits per heavy atom. The standard InChI is InChI=1S/C14H14NO.BrH/c1-2-15-10-6-9-13(11-15)14(16)12-7-4-3-5-8-12;/h3-11H,2H2,1H3;1H/q+1;/p-1. The van der Waals surface area contributed by atoms with Gasteiger partial charge < -0.3 is 17.0 Å². The van der Waals surface area contributed by atoms with Crippen LogP contribution in [0.1, 0.15) is 22.8 Å². The summed E-state index contributed by atoms with van der Waals surface area (Å²) in [5, 5.41) is 0. The maximum atomic E-state index is 12.1. The number of halogens is 1. The van der Waals surface area contributed by atoms with E-state index in [4.69, 9.17) is 0 Å². The van der Waals surface area contributed by atoms with Crippen LogP contribution in [0.4, 0.5) is 0 Å². The first-order valence-electron chi connectivity index (χ1n) is 5.40. The molecular weight excluding hydrogens is 278 g/mol. The van der Waals surface area contributed by atoms with Gasteiger partial charge in [-0.05, 0) is 13.0 Å². The fourth-order valence-electron chi connectivity index (χ4n) is 1.61. The lowest BCUT2D eigenvalue weighted by atomic mass is 10.1. The van der Waals surface area contributed by atoms with Crippen molar-refractivity contribution in [3.63, 3.8) is 0 Å². The van der Waals surface area contributed by atoms with Crippen molar-refractivity contribution in [1.29, 1.82) is 0 Å². The zero-order valence-corrected chi connectivity index (χ0v) is 11.2. The normalized spacial score (nSPS) is 9.47. The molecule has 1 heterocycles. The van der Waals surface area contributed by atoms with Crippen LogP contribution in [0.5, 0.6) is 0 Å². The molecule has 0 N–H and O–H groups in total. The van der Waals surface area contributed by atoms with E-state index in [1.54, 1.807) is 0 Å². The highest BCUT2D eigenvalue weighted by Crippen LogP contribution is 2.07. The van der Waals surface area contributed by atoms with E-state index in [9.17, 15) is 4.79 Å². The van der Waals surface area contributed by atoms with E-state index in [-0.39, 0.29) is 22.8 Å². The maximum Gasteiger partial charge on any atom is 0.199 e. The third-order valence-corrected chi connectivity index (χ3v) is 2.52. The Kier molecular flexibility index (Phi) is 5.04. The molecule has 0 bridgehead atoms. The van der Waals surface area contributed by atoms with Crippen molar-refractivity contribution in [3.05, 3.63) is 66.0 Å². The summed E-state index contributed by atoms with van der Waals surface area (Å²) < 4.78 is 2.00. The van der Waals surface area contributed by atoms with E-state index in [0.717, 1.165) is 17.7 Å². The van der Waals surface area contributed by atoms with Gasteiger partial charge >= 0.3 is 0 Å². The van der Waals surface area contributed by atoms with Crippen LogP contribution in [0.3, 0.4) is 0 Å². The number of aromatic nitrogens is 1. The first-order chi connectivity index (χ1) is 7.81. The van der Waals surface area contributed by atoms with E-state index >= 15 is 0 Å². The third kappa shape index (κ3) is 3.24. The van der Waals surface area contributed by atoms with Crippen LogP contribution in [0.25, 0.3) is 0 Å². The summed E-state index contributed by atoms with van der Waals surface area (Å²) in [5.74, 6) is 0.0726. The van der Waals surface area contributed by atoms with Gasteiger partial charge in [0.2, 0.25) is 0 Å². The summed E-state index contributed by atoms with van der Waals surface area (Å²) in [4.78, 5) is 12.1. The number of hydrogen-bond donors (Lipinski definition) is 0. The van der Waals surface area contributed by atoms with Crippen molar-refractivity contribution in [2.24, 2.45) is 0 Å². The fourth-order valence-corrected chi connectivity index (χ4v) is 1.61. The minimum absolute atomic E-state index is 0. The largest absolute Gasteiger partial charge is 1.00 e. The molecule has 0 aliphatic heterocycles.